The first-order valence-corrected chi connectivity index (χ1v) is 7.27. The first-order chi connectivity index (χ1) is 8.72. The summed E-state index contributed by atoms with van der Waals surface area (Å²) in [6, 6.07) is 5.28. The molecule has 0 aromatic heterocycles. The second kappa shape index (κ2) is 9.48. The van der Waals surface area contributed by atoms with Crippen molar-refractivity contribution in [2.24, 2.45) is 0 Å². The van der Waals surface area contributed by atoms with Crippen molar-refractivity contribution in [1.82, 2.24) is 5.32 Å². The lowest BCUT2D eigenvalue weighted by molar-refractivity contribution is 0.305. The van der Waals surface area contributed by atoms with Crippen molar-refractivity contribution in [2.75, 3.05) is 19.7 Å². The monoisotopic (exact) mass is 289 g/mol. The third kappa shape index (κ3) is 7.10. The van der Waals surface area contributed by atoms with Gasteiger partial charge in [0.2, 0.25) is 0 Å². The van der Waals surface area contributed by atoms with E-state index in [2.05, 4.69) is 12.2 Å². The summed E-state index contributed by atoms with van der Waals surface area (Å²) < 4.78 is 5.61. The van der Waals surface area contributed by atoms with Crippen molar-refractivity contribution in [3.63, 3.8) is 0 Å². The van der Waals surface area contributed by atoms with Gasteiger partial charge >= 0.3 is 0 Å². The van der Waals surface area contributed by atoms with Crippen molar-refractivity contribution >= 4 is 23.2 Å². The molecule has 1 rings (SSSR count). The summed E-state index contributed by atoms with van der Waals surface area (Å²) in [4.78, 5) is 0. The molecule has 0 amide bonds. The second-order valence-corrected chi connectivity index (χ2v) is 5.14. The Morgan fingerprint density at radius 3 is 2.39 bits per heavy atom. The number of rotatable bonds is 9. The van der Waals surface area contributed by atoms with Gasteiger partial charge < -0.3 is 10.1 Å². The van der Waals surface area contributed by atoms with Crippen LogP contribution in [0.5, 0.6) is 5.75 Å². The highest BCUT2D eigenvalue weighted by Crippen LogP contribution is 2.24. The summed E-state index contributed by atoms with van der Waals surface area (Å²) in [6.45, 7) is 5.09. The third-order valence-electron chi connectivity index (χ3n) is 2.53. The van der Waals surface area contributed by atoms with Gasteiger partial charge in [0.15, 0.2) is 0 Å². The highest BCUT2D eigenvalue weighted by atomic mass is 35.5. The Kier molecular flexibility index (Phi) is 8.23. The predicted octanol–water partition coefficient (Wildman–Crippen LogP) is 4.54. The molecular formula is C14H21Cl2NO. The van der Waals surface area contributed by atoms with Crippen LogP contribution in [0.15, 0.2) is 18.2 Å². The van der Waals surface area contributed by atoms with Gasteiger partial charge in [-0.1, -0.05) is 30.1 Å². The summed E-state index contributed by atoms with van der Waals surface area (Å²) in [5.74, 6) is 0.747. The van der Waals surface area contributed by atoms with Gasteiger partial charge in [0.1, 0.15) is 5.75 Å². The summed E-state index contributed by atoms with van der Waals surface area (Å²) in [5.41, 5.74) is 0. The Hall–Kier alpha value is -0.440. The normalized spacial score (nSPS) is 10.6. The highest BCUT2D eigenvalue weighted by Gasteiger charge is 1.99. The van der Waals surface area contributed by atoms with Gasteiger partial charge in [0, 0.05) is 10.0 Å². The molecule has 102 valence electrons. The number of halogens is 2. The van der Waals surface area contributed by atoms with Crippen molar-refractivity contribution < 1.29 is 4.74 Å². The largest absolute Gasteiger partial charge is 0.493 e. The Morgan fingerprint density at radius 2 is 1.72 bits per heavy atom. The molecule has 0 spiro atoms. The van der Waals surface area contributed by atoms with E-state index in [9.17, 15) is 0 Å². The Bertz CT molecular complexity index is 324. The molecule has 0 bridgehead atoms. The van der Waals surface area contributed by atoms with E-state index in [1.807, 2.05) is 0 Å². The molecule has 0 radical (unpaired) electrons. The van der Waals surface area contributed by atoms with E-state index in [4.69, 9.17) is 27.9 Å². The molecule has 0 aliphatic heterocycles. The van der Waals surface area contributed by atoms with Gasteiger partial charge in [-0.2, -0.15) is 0 Å². The van der Waals surface area contributed by atoms with Gasteiger partial charge in [-0.25, -0.2) is 0 Å². The van der Waals surface area contributed by atoms with Gasteiger partial charge in [-0.3, -0.25) is 0 Å². The Morgan fingerprint density at radius 1 is 1.00 bits per heavy atom. The van der Waals surface area contributed by atoms with Crippen LogP contribution in [-0.4, -0.2) is 19.7 Å². The zero-order valence-electron chi connectivity index (χ0n) is 10.8. The van der Waals surface area contributed by atoms with Crippen LogP contribution in [0, 0.1) is 0 Å². The van der Waals surface area contributed by atoms with Crippen LogP contribution in [0.3, 0.4) is 0 Å². The number of benzene rings is 1. The Balaban J connectivity index is 2.07. The molecule has 0 saturated heterocycles. The van der Waals surface area contributed by atoms with Gasteiger partial charge in [-0.15, -0.1) is 0 Å². The molecule has 18 heavy (non-hydrogen) atoms. The minimum absolute atomic E-state index is 0.612. The number of nitrogens with one attached hydrogen (secondary N) is 1. The smallest absolute Gasteiger partial charge is 0.122 e. The average Bonchev–Trinajstić information content (AvgIpc) is 2.31. The minimum Gasteiger partial charge on any atom is -0.493 e. The third-order valence-corrected chi connectivity index (χ3v) is 2.97. The van der Waals surface area contributed by atoms with Gasteiger partial charge in [0.25, 0.3) is 0 Å². The fourth-order valence-electron chi connectivity index (χ4n) is 1.63. The van der Waals surface area contributed by atoms with E-state index in [0.29, 0.717) is 16.7 Å². The van der Waals surface area contributed by atoms with Crippen molar-refractivity contribution in [1.29, 1.82) is 0 Å². The first-order valence-electron chi connectivity index (χ1n) is 6.52. The van der Waals surface area contributed by atoms with E-state index < -0.39 is 0 Å². The zero-order chi connectivity index (χ0) is 13.2. The zero-order valence-corrected chi connectivity index (χ0v) is 12.4. The van der Waals surface area contributed by atoms with E-state index in [0.717, 1.165) is 25.3 Å². The van der Waals surface area contributed by atoms with Gasteiger partial charge in [-0.05, 0) is 57.0 Å². The van der Waals surface area contributed by atoms with Crippen LogP contribution in [-0.2, 0) is 0 Å². The quantitative estimate of drug-likeness (QED) is 0.674. The molecule has 2 nitrogen and oxygen atoms in total. The number of ether oxygens (including phenoxy) is 1. The van der Waals surface area contributed by atoms with Gasteiger partial charge in [0.05, 0.1) is 6.61 Å². The lowest BCUT2D eigenvalue weighted by Gasteiger charge is -2.07. The maximum Gasteiger partial charge on any atom is 0.122 e. The summed E-state index contributed by atoms with van der Waals surface area (Å²) >= 11 is 11.8. The lowest BCUT2D eigenvalue weighted by Crippen LogP contribution is -2.15. The van der Waals surface area contributed by atoms with Crippen LogP contribution >= 0.6 is 23.2 Å². The lowest BCUT2D eigenvalue weighted by atomic mass is 10.2. The SMILES string of the molecule is CCCNCCCCCOc1cc(Cl)cc(Cl)c1. The molecule has 1 aromatic carbocycles. The molecule has 0 unspecified atom stereocenters. The first kappa shape index (κ1) is 15.6. The fraction of sp³-hybridized carbons (Fsp3) is 0.571. The number of hydrogen-bond donors (Lipinski definition) is 1. The maximum atomic E-state index is 5.89. The summed E-state index contributed by atoms with van der Waals surface area (Å²) in [7, 11) is 0. The maximum absolute atomic E-state index is 5.89. The van der Waals surface area contributed by atoms with Crippen LogP contribution in [0.4, 0.5) is 0 Å². The molecule has 1 aromatic rings. The summed E-state index contributed by atoms with van der Waals surface area (Å²) in [6.07, 6.45) is 4.61. The van der Waals surface area contributed by atoms with Crippen molar-refractivity contribution in [3.8, 4) is 5.75 Å². The topological polar surface area (TPSA) is 21.3 Å². The van der Waals surface area contributed by atoms with Crippen molar-refractivity contribution in [2.45, 2.75) is 32.6 Å². The molecule has 4 heteroatoms. The molecule has 0 aliphatic rings. The highest BCUT2D eigenvalue weighted by molar-refractivity contribution is 6.34. The van der Waals surface area contributed by atoms with Crippen LogP contribution < -0.4 is 10.1 Å². The van der Waals surface area contributed by atoms with E-state index >= 15 is 0 Å². The molecule has 0 atom stereocenters. The second-order valence-electron chi connectivity index (χ2n) is 4.26. The molecule has 0 heterocycles. The summed E-state index contributed by atoms with van der Waals surface area (Å²) in [5, 5.41) is 4.61. The standard InChI is InChI=1S/C14H21Cl2NO/c1-2-6-17-7-4-3-5-8-18-14-10-12(15)9-13(16)11-14/h9-11,17H,2-8H2,1H3. The van der Waals surface area contributed by atoms with E-state index in [1.165, 1.54) is 19.3 Å². The molecule has 0 saturated carbocycles. The molecule has 0 fully saturated rings. The number of hydrogen-bond acceptors (Lipinski definition) is 2. The fourth-order valence-corrected chi connectivity index (χ4v) is 2.14. The van der Waals surface area contributed by atoms with Crippen LogP contribution in [0.2, 0.25) is 10.0 Å². The van der Waals surface area contributed by atoms with Crippen LogP contribution in [0.25, 0.3) is 0 Å². The van der Waals surface area contributed by atoms with E-state index in [1.54, 1.807) is 18.2 Å². The molecule has 0 aliphatic carbocycles. The minimum atomic E-state index is 0.612. The molecular weight excluding hydrogens is 269 g/mol. The number of unbranched alkanes of at least 4 members (excludes halogenated alkanes) is 2. The van der Waals surface area contributed by atoms with E-state index in [-0.39, 0.29) is 0 Å². The van der Waals surface area contributed by atoms with Crippen LogP contribution in [0.1, 0.15) is 32.6 Å². The average molecular weight is 290 g/mol. The Labute approximate surface area is 120 Å². The predicted molar refractivity (Wildman–Crippen MR) is 79.0 cm³/mol. The van der Waals surface area contributed by atoms with Crippen molar-refractivity contribution in [3.05, 3.63) is 28.2 Å². The molecule has 1 N–H and O–H groups in total.